The number of anilines is 1. The number of hydrogen-bond acceptors (Lipinski definition) is 4. The Kier molecular flexibility index (Phi) is 5.96. The molecule has 0 aromatic carbocycles. The minimum absolute atomic E-state index is 0.182. The fraction of sp³-hybridized carbons (Fsp3) is 0.667. The standard InChI is InChI=1S/C24H35N3O2Si/c1-30(2,3)17-11-19-6-4-14-25-22(19)26-15-5-12-24(18-26)13-16-27(23(24)29)20-7-9-21(28)10-8-20/h4,6,14,20-21,28H,5,7-10,12-13,15-16,18H2,1-3H3/t20?,21?,24-/m0/s1. The van der Waals surface area contributed by atoms with Gasteiger partial charge in [-0.2, -0.15) is 0 Å². The molecule has 0 bridgehead atoms. The molecule has 1 aromatic heterocycles. The summed E-state index contributed by atoms with van der Waals surface area (Å²) < 4.78 is 0. The lowest BCUT2D eigenvalue weighted by atomic mass is 9.78. The molecule has 3 heterocycles. The molecule has 3 aliphatic rings. The molecule has 1 aliphatic carbocycles. The van der Waals surface area contributed by atoms with Crippen molar-refractivity contribution in [1.29, 1.82) is 0 Å². The molecule has 30 heavy (non-hydrogen) atoms. The number of carbonyl (C=O) groups is 1. The van der Waals surface area contributed by atoms with E-state index in [0.29, 0.717) is 11.9 Å². The summed E-state index contributed by atoms with van der Waals surface area (Å²) in [6, 6.07) is 4.33. The highest BCUT2D eigenvalue weighted by Crippen LogP contribution is 2.43. The number of likely N-dealkylation sites (tertiary alicyclic amines) is 1. The molecule has 1 amide bonds. The van der Waals surface area contributed by atoms with Crippen molar-refractivity contribution in [2.24, 2.45) is 5.41 Å². The highest BCUT2D eigenvalue weighted by atomic mass is 28.3. The summed E-state index contributed by atoms with van der Waals surface area (Å²) in [6.07, 6.45) is 8.08. The van der Waals surface area contributed by atoms with E-state index < -0.39 is 8.07 Å². The van der Waals surface area contributed by atoms with Crippen molar-refractivity contribution in [3.8, 4) is 11.5 Å². The zero-order valence-electron chi connectivity index (χ0n) is 18.7. The van der Waals surface area contributed by atoms with Crippen molar-refractivity contribution in [3.63, 3.8) is 0 Å². The quantitative estimate of drug-likeness (QED) is 0.583. The molecule has 0 radical (unpaired) electrons. The molecule has 162 valence electrons. The molecule has 1 N–H and O–H groups in total. The first kappa shape index (κ1) is 21.4. The van der Waals surface area contributed by atoms with E-state index >= 15 is 0 Å². The van der Waals surface area contributed by atoms with Crippen LogP contribution in [0.5, 0.6) is 0 Å². The number of rotatable bonds is 2. The first-order valence-electron chi connectivity index (χ1n) is 11.5. The molecule has 1 atom stereocenters. The van der Waals surface area contributed by atoms with Crippen LogP contribution < -0.4 is 4.90 Å². The molecule has 3 fully saturated rings. The van der Waals surface area contributed by atoms with E-state index in [0.717, 1.165) is 76.0 Å². The van der Waals surface area contributed by atoms with Gasteiger partial charge in [0.1, 0.15) is 13.9 Å². The maximum absolute atomic E-state index is 13.6. The van der Waals surface area contributed by atoms with Crippen LogP contribution in [0.2, 0.25) is 19.6 Å². The largest absolute Gasteiger partial charge is 0.393 e. The highest BCUT2D eigenvalue weighted by Gasteiger charge is 2.50. The Morgan fingerprint density at radius 3 is 2.67 bits per heavy atom. The second kappa shape index (κ2) is 8.36. The van der Waals surface area contributed by atoms with Crippen molar-refractivity contribution in [2.75, 3.05) is 24.5 Å². The molecular weight excluding hydrogens is 390 g/mol. The van der Waals surface area contributed by atoms with Crippen LogP contribution >= 0.6 is 0 Å². The zero-order chi connectivity index (χ0) is 21.4. The predicted molar refractivity (Wildman–Crippen MR) is 123 cm³/mol. The van der Waals surface area contributed by atoms with Crippen molar-refractivity contribution in [3.05, 3.63) is 23.9 Å². The summed E-state index contributed by atoms with van der Waals surface area (Å²) in [5.74, 6) is 4.67. The smallest absolute Gasteiger partial charge is 0.230 e. The molecule has 2 aliphatic heterocycles. The monoisotopic (exact) mass is 425 g/mol. The van der Waals surface area contributed by atoms with E-state index in [1.807, 2.05) is 12.3 Å². The lowest BCUT2D eigenvalue weighted by molar-refractivity contribution is -0.139. The fourth-order valence-electron chi connectivity index (χ4n) is 5.26. The number of carbonyl (C=O) groups excluding carboxylic acids is 1. The molecule has 6 heteroatoms. The number of hydrogen-bond donors (Lipinski definition) is 1. The Morgan fingerprint density at radius 2 is 1.93 bits per heavy atom. The number of piperidine rings is 1. The van der Waals surface area contributed by atoms with E-state index in [4.69, 9.17) is 0 Å². The van der Waals surface area contributed by atoms with Crippen LogP contribution in [0, 0.1) is 16.9 Å². The molecule has 0 unspecified atom stereocenters. The Bertz CT molecular complexity index is 848. The number of aliphatic hydroxyl groups is 1. The number of nitrogens with zero attached hydrogens (tertiary/aromatic N) is 3. The minimum Gasteiger partial charge on any atom is -0.393 e. The molecule has 2 saturated heterocycles. The average molecular weight is 426 g/mol. The van der Waals surface area contributed by atoms with Gasteiger partial charge in [-0.25, -0.2) is 4.98 Å². The molecule has 4 rings (SSSR count). The van der Waals surface area contributed by atoms with Crippen LogP contribution in [0.3, 0.4) is 0 Å². The van der Waals surface area contributed by atoms with Crippen molar-refractivity contribution in [1.82, 2.24) is 9.88 Å². The molecule has 5 nitrogen and oxygen atoms in total. The van der Waals surface area contributed by atoms with Gasteiger partial charge in [-0.05, 0) is 57.1 Å². The Labute approximate surface area is 181 Å². The van der Waals surface area contributed by atoms with E-state index in [9.17, 15) is 9.90 Å². The SMILES string of the molecule is C[Si](C)(C)C#Cc1cccnc1N1CCC[C@]2(CCN(C3CCC(O)CC3)C2=O)C1. The lowest BCUT2D eigenvalue weighted by Crippen LogP contribution is -2.50. The van der Waals surface area contributed by atoms with E-state index in [1.54, 1.807) is 0 Å². The fourth-order valence-corrected chi connectivity index (χ4v) is 5.77. The van der Waals surface area contributed by atoms with E-state index in [1.165, 1.54) is 0 Å². The van der Waals surface area contributed by atoms with Crippen molar-refractivity contribution >= 4 is 19.8 Å². The van der Waals surface area contributed by atoms with E-state index in [2.05, 4.69) is 52.0 Å². The Balaban J connectivity index is 1.53. The van der Waals surface area contributed by atoms with Crippen LogP contribution in [0.25, 0.3) is 0 Å². The normalized spacial score (nSPS) is 29.8. The highest BCUT2D eigenvalue weighted by molar-refractivity contribution is 6.83. The minimum atomic E-state index is -1.47. The average Bonchev–Trinajstić information content (AvgIpc) is 3.02. The van der Waals surface area contributed by atoms with Gasteiger partial charge in [-0.15, -0.1) is 5.54 Å². The number of aromatic nitrogens is 1. The summed E-state index contributed by atoms with van der Waals surface area (Å²) in [5, 5.41) is 9.83. The second-order valence-corrected chi connectivity index (χ2v) is 15.1. The van der Waals surface area contributed by atoms with Crippen molar-refractivity contribution in [2.45, 2.75) is 76.7 Å². The summed E-state index contributed by atoms with van der Waals surface area (Å²) in [5.41, 5.74) is 4.17. The maximum atomic E-state index is 13.6. The topological polar surface area (TPSA) is 56.7 Å². The van der Waals surface area contributed by atoms with Gasteiger partial charge in [0, 0.05) is 31.9 Å². The van der Waals surface area contributed by atoms with Gasteiger partial charge < -0.3 is 14.9 Å². The van der Waals surface area contributed by atoms with Crippen LogP contribution in [-0.4, -0.2) is 60.8 Å². The van der Waals surface area contributed by atoms with Gasteiger partial charge in [0.05, 0.1) is 17.1 Å². The van der Waals surface area contributed by atoms with Gasteiger partial charge in [0.15, 0.2) is 0 Å². The van der Waals surface area contributed by atoms with Gasteiger partial charge in [-0.3, -0.25) is 4.79 Å². The first-order chi connectivity index (χ1) is 14.3. The lowest BCUT2D eigenvalue weighted by Gasteiger charge is -2.41. The third kappa shape index (κ3) is 4.43. The Hall–Kier alpha value is -1.84. The van der Waals surface area contributed by atoms with Crippen LogP contribution in [0.4, 0.5) is 5.82 Å². The molecule has 1 aromatic rings. The zero-order valence-corrected chi connectivity index (χ0v) is 19.7. The van der Waals surface area contributed by atoms with Crippen molar-refractivity contribution < 1.29 is 9.90 Å². The van der Waals surface area contributed by atoms with Crippen LogP contribution in [0.15, 0.2) is 18.3 Å². The maximum Gasteiger partial charge on any atom is 0.230 e. The van der Waals surface area contributed by atoms with Gasteiger partial charge >= 0.3 is 0 Å². The van der Waals surface area contributed by atoms with E-state index in [-0.39, 0.29) is 11.5 Å². The number of pyridine rings is 1. The number of aliphatic hydroxyl groups excluding tert-OH is 1. The van der Waals surface area contributed by atoms with Crippen LogP contribution in [0.1, 0.15) is 50.5 Å². The molecule has 1 saturated carbocycles. The van der Waals surface area contributed by atoms with Crippen LogP contribution in [-0.2, 0) is 4.79 Å². The second-order valence-electron chi connectivity index (χ2n) is 10.4. The molecule has 1 spiro atoms. The third-order valence-electron chi connectivity index (χ3n) is 6.89. The molecular formula is C24H35N3O2Si. The predicted octanol–water partition coefficient (Wildman–Crippen LogP) is 3.43. The number of amides is 1. The summed E-state index contributed by atoms with van der Waals surface area (Å²) in [4.78, 5) is 22.7. The van der Waals surface area contributed by atoms with Gasteiger partial charge in [0.25, 0.3) is 0 Å². The summed E-state index contributed by atoms with van der Waals surface area (Å²) in [7, 11) is -1.47. The van der Waals surface area contributed by atoms with Gasteiger partial charge in [0.2, 0.25) is 5.91 Å². The summed E-state index contributed by atoms with van der Waals surface area (Å²) >= 11 is 0. The van der Waals surface area contributed by atoms with Gasteiger partial charge in [-0.1, -0.05) is 25.6 Å². The first-order valence-corrected chi connectivity index (χ1v) is 15.0. The Morgan fingerprint density at radius 1 is 1.17 bits per heavy atom. The third-order valence-corrected chi connectivity index (χ3v) is 7.76. The summed E-state index contributed by atoms with van der Waals surface area (Å²) in [6.45, 7) is 9.30.